The standard InChI is InChI=1S/C10H10Cl2N4O3/c11-7-6-8(14-3-13-6)15-10(12)16(7)9-5(18)1-4(2-17)19-9/h3-5,9,17-18H,1-2H2/t4-,5+,9+/m0/s1. The highest BCUT2D eigenvalue weighted by atomic mass is 35.5. The summed E-state index contributed by atoms with van der Waals surface area (Å²) in [7, 11) is 0. The molecule has 0 aromatic rings. The molecule has 0 aliphatic carbocycles. The van der Waals surface area contributed by atoms with Gasteiger partial charge < -0.3 is 14.9 Å². The number of nitrogens with zero attached hydrogens (tertiary/aromatic N) is 4. The molecular formula is C10H10Cl2N4O3. The Hall–Kier alpha value is -0.990. The maximum Gasteiger partial charge on any atom is 0.208 e. The average molecular weight is 305 g/mol. The number of aliphatic hydroxyl groups is 2. The van der Waals surface area contributed by atoms with E-state index in [1.54, 1.807) is 0 Å². The number of ether oxygens (including phenoxy) is 1. The molecule has 3 rings (SSSR count). The van der Waals surface area contributed by atoms with Crippen LogP contribution >= 0.6 is 23.2 Å². The van der Waals surface area contributed by atoms with Crippen LogP contribution in [0, 0.1) is 0 Å². The summed E-state index contributed by atoms with van der Waals surface area (Å²) in [5.41, 5.74) is 0.384. The van der Waals surface area contributed by atoms with Gasteiger partial charge in [-0.2, -0.15) is 4.98 Å². The molecule has 0 aromatic carbocycles. The monoisotopic (exact) mass is 304 g/mol. The first-order valence-electron chi connectivity index (χ1n) is 5.60. The van der Waals surface area contributed by atoms with Gasteiger partial charge in [0.15, 0.2) is 12.1 Å². The summed E-state index contributed by atoms with van der Waals surface area (Å²) in [6.07, 6.45) is -0.468. The van der Waals surface area contributed by atoms with E-state index in [1.807, 2.05) is 0 Å². The lowest BCUT2D eigenvalue weighted by molar-refractivity contribution is -0.0509. The molecule has 102 valence electrons. The van der Waals surface area contributed by atoms with Crippen molar-refractivity contribution < 1.29 is 14.9 Å². The van der Waals surface area contributed by atoms with Crippen molar-refractivity contribution in [2.24, 2.45) is 0 Å². The van der Waals surface area contributed by atoms with Gasteiger partial charge in [-0.1, -0.05) is 11.6 Å². The lowest BCUT2D eigenvalue weighted by Gasteiger charge is -2.22. The van der Waals surface area contributed by atoms with E-state index in [9.17, 15) is 5.11 Å². The fourth-order valence-corrected chi connectivity index (χ4v) is 2.73. The topological polar surface area (TPSA) is 93.3 Å². The van der Waals surface area contributed by atoms with E-state index < -0.39 is 18.4 Å². The minimum absolute atomic E-state index is 0.0423. The summed E-state index contributed by atoms with van der Waals surface area (Å²) in [5, 5.41) is 19.3. The Kier molecular flexibility index (Phi) is 3.32. The van der Waals surface area contributed by atoms with Crippen LogP contribution in [0.4, 0.5) is 0 Å². The van der Waals surface area contributed by atoms with Gasteiger partial charge in [-0.25, -0.2) is 9.97 Å². The fraction of sp³-hybridized carbons (Fsp3) is 0.500. The Morgan fingerprint density at radius 2 is 2.21 bits per heavy atom. The average Bonchev–Trinajstić information content (AvgIpc) is 2.96. The minimum atomic E-state index is -0.834. The summed E-state index contributed by atoms with van der Waals surface area (Å²) in [5.74, 6) is 0.331. The molecule has 0 unspecified atom stereocenters. The zero-order valence-electron chi connectivity index (χ0n) is 9.57. The number of hydrogen-bond acceptors (Lipinski definition) is 6. The molecular weight excluding hydrogens is 295 g/mol. The third-order valence-corrected chi connectivity index (χ3v) is 3.63. The van der Waals surface area contributed by atoms with Crippen LogP contribution in [0.2, 0.25) is 10.4 Å². The number of imidazole rings is 1. The number of rotatable bonds is 2. The molecule has 2 N–H and O–H groups in total. The van der Waals surface area contributed by atoms with Crippen LogP contribution < -0.4 is 0 Å². The summed E-state index contributed by atoms with van der Waals surface area (Å²) >= 11 is 12.3. The highest BCUT2D eigenvalue weighted by molar-refractivity contribution is 6.34. The predicted molar refractivity (Wildman–Crippen MR) is 66.1 cm³/mol. The van der Waals surface area contributed by atoms with E-state index in [1.165, 1.54) is 10.9 Å². The van der Waals surface area contributed by atoms with Crippen LogP contribution in [-0.4, -0.2) is 48.5 Å². The van der Waals surface area contributed by atoms with Gasteiger partial charge in [-0.3, -0.25) is 4.57 Å². The molecule has 0 saturated carbocycles. The van der Waals surface area contributed by atoms with Crippen molar-refractivity contribution in [3.8, 4) is 11.5 Å². The van der Waals surface area contributed by atoms with Crippen LogP contribution in [0.1, 0.15) is 12.6 Å². The van der Waals surface area contributed by atoms with Crippen LogP contribution in [0.5, 0.6) is 0 Å². The van der Waals surface area contributed by atoms with E-state index >= 15 is 0 Å². The molecule has 3 atom stereocenters. The van der Waals surface area contributed by atoms with E-state index in [-0.39, 0.29) is 17.0 Å². The molecule has 0 amide bonds. The van der Waals surface area contributed by atoms with Crippen molar-refractivity contribution in [1.29, 1.82) is 0 Å². The van der Waals surface area contributed by atoms with Crippen LogP contribution in [0.3, 0.4) is 0 Å². The summed E-state index contributed by atoms with van der Waals surface area (Å²) in [6.45, 7) is -0.185. The molecule has 3 aliphatic heterocycles. The highest BCUT2D eigenvalue weighted by Gasteiger charge is 2.37. The third kappa shape index (κ3) is 2.07. The largest absolute Gasteiger partial charge is 0.394 e. The van der Waals surface area contributed by atoms with Crippen molar-refractivity contribution in [3.05, 3.63) is 16.8 Å². The number of halogens is 2. The van der Waals surface area contributed by atoms with Crippen LogP contribution in [0.25, 0.3) is 11.5 Å². The van der Waals surface area contributed by atoms with Gasteiger partial charge in [0.05, 0.1) is 12.7 Å². The lowest BCUT2D eigenvalue weighted by Crippen LogP contribution is -2.22. The molecule has 3 heterocycles. The van der Waals surface area contributed by atoms with Crippen molar-refractivity contribution in [3.63, 3.8) is 0 Å². The van der Waals surface area contributed by atoms with E-state index in [0.29, 0.717) is 17.9 Å². The molecule has 0 aromatic heterocycles. The van der Waals surface area contributed by atoms with Gasteiger partial charge >= 0.3 is 0 Å². The predicted octanol–water partition coefficient (Wildman–Crippen LogP) is 0.725. The van der Waals surface area contributed by atoms with Gasteiger partial charge in [0.1, 0.15) is 23.3 Å². The number of hydrogen-bond donors (Lipinski definition) is 2. The van der Waals surface area contributed by atoms with Gasteiger partial charge in [0.25, 0.3) is 0 Å². The number of aromatic nitrogens is 4. The Labute approximate surface area is 118 Å². The normalized spacial score (nSPS) is 27.3. The van der Waals surface area contributed by atoms with Crippen molar-refractivity contribution in [2.75, 3.05) is 6.61 Å². The molecule has 0 radical (unpaired) electrons. The second kappa shape index (κ2) is 4.84. The highest BCUT2D eigenvalue weighted by Crippen LogP contribution is 2.36. The quantitative estimate of drug-likeness (QED) is 0.627. The fourth-order valence-electron chi connectivity index (χ4n) is 2.12. The Morgan fingerprint density at radius 3 is 2.89 bits per heavy atom. The van der Waals surface area contributed by atoms with Crippen molar-refractivity contribution in [2.45, 2.75) is 24.9 Å². The summed E-state index contributed by atoms with van der Waals surface area (Å²) in [6, 6.07) is 0. The summed E-state index contributed by atoms with van der Waals surface area (Å²) < 4.78 is 6.85. The summed E-state index contributed by atoms with van der Waals surface area (Å²) in [4.78, 5) is 11.9. The van der Waals surface area contributed by atoms with E-state index in [4.69, 9.17) is 33.0 Å². The number of aliphatic hydroxyl groups excluding tert-OH is 2. The zero-order chi connectivity index (χ0) is 13.6. The first-order valence-corrected chi connectivity index (χ1v) is 6.35. The molecule has 9 heteroatoms. The Morgan fingerprint density at radius 1 is 1.42 bits per heavy atom. The molecule has 0 bridgehead atoms. The lowest BCUT2D eigenvalue weighted by atomic mass is 10.2. The van der Waals surface area contributed by atoms with Crippen molar-refractivity contribution >= 4 is 23.2 Å². The Balaban J connectivity index is 2.08. The third-order valence-electron chi connectivity index (χ3n) is 3.01. The van der Waals surface area contributed by atoms with Crippen molar-refractivity contribution in [1.82, 2.24) is 19.5 Å². The van der Waals surface area contributed by atoms with E-state index in [2.05, 4.69) is 15.0 Å². The van der Waals surface area contributed by atoms with E-state index in [0.717, 1.165) is 0 Å². The maximum atomic E-state index is 9.98. The van der Waals surface area contributed by atoms with Crippen LogP contribution in [0.15, 0.2) is 6.33 Å². The first kappa shape index (κ1) is 13.0. The molecule has 7 nitrogen and oxygen atoms in total. The minimum Gasteiger partial charge on any atom is -0.394 e. The molecule has 1 saturated heterocycles. The second-order valence-electron chi connectivity index (χ2n) is 4.22. The smallest absolute Gasteiger partial charge is 0.208 e. The Bertz CT molecular complexity index is 578. The first-order chi connectivity index (χ1) is 9.11. The SMILES string of the molecule is OC[C@@H]1C[C@@H](O)[C@H](n2c(Cl)nc3ncnc-3c2Cl)O1. The molecule has 0 spiro atoms. The number of fused-ring (bicyclic) bond motifs is 1. The van der Waals surface area contributed by atoms with Crippen LogP contribution in [-0.2, 0) is 4.74 Å². The zero-order valence-corrected chi connectivity index (χ0v) is 11.1. The van der Waals surface area contributed by atoms with Gasteiger partial charge in [0.2, 0.25) is 5.28 Å². The molecule has 3 aliphatic rings. The second-order valence-corrected chi connectivity index (χ2v) is 4.92. The maximum absolute atomic E-state index is 9.98. The molecule has 1 fully saturated rings. The van der Waals surface area contributed by atoms with Gasteiger partial charge in [-0.15, -0.1) is 0 Å². The molecule has 19 heavy (non-hydrogen) atoms. The van der Waals surface area contributed by atoms with Gasteiger partial charge in [-0.05, 0) is 11.6 Å². The van der Waals surface area contributed by atoms with Gasteiger partial charge in [0, 0.05) is 6.42 Å².